The zero-order valence-corrected chi connectivity index (χ0v) is 18.2. The van der Waals surface area contributed by atoms with E-state index in [2.05, 4.69) is 14.8 Å². The van der Waals surface area contributed by atoms with Crippen LogP contribution >= 0.6 is 0 Å². The largest absolute Gasteiger partial charge is 0.495 e. The van der Waals surface area contributed by atoms with Crippen molar-refractivity contribution in [2.75, 3.05) is 17.1 Å². The van der Waals surface area contributed by atoms with Gasteiger partial charge in [-0.3, -0.25) is 9.52 Å². The van der Waals surface area contributed by atoms with Crippen LogP contribution in [0, 0.1) is 0 Å². The minimum Gasteiger partial charge on any atom is -0.495 e. The molecular formula is C23H20F2N2O5S. The predicted octanol–water partition coefficient (Wildman–Crippen LogP) is 4.75. The molecule has 0 atom stereocenters. The lowest BCUT2D eigenvalue weighted by molar-refractivity contribution is -0.111. The Balaban J connectivity index is 1.62. The highest BCUT2D eigenvalue weighted by atomic mass is 32.2. The maximum atomic E-state index is 12.6. The Morgan fingerprint density at radius 3 is 2.27 bits per heavy atom. The first-order valence-electron chi connectivity index (χ1n) is 9.57. The van der Waals surface area contributed by atoms with E-state index in [0.29, 0.717) is 22.7 Å². The lowest BCUT2D eigenvalue weighted by atomic mass is 10.2. The molecule has 0 heterocycles. The fourth-order valence-corrected chi connectivity index (χ4v) is 3.84. The van der Waals surface area contributed by atoms with Crippen molar-refractivity contribution in [3.63, 3.8) is 0 Å². The molecule has 33 heavy (non-hydrogen) atoms. The van der Waals surface area contributed by atoms with Crippen LogP contribution in [0.3, 0.4) is 0 Å². The number of hydrogen-bond donors (Lipinski definition) is 2. The van der Waals surface area contributed by atoms with Crippen LogP contribution in [-0.2, 0) is 14.8 Å². The maximum absolute atomic E-state index is 12.6. The number of sulfonamides is 1. The van der Waals surface area contributed by atoms with Crippen LogP contribution in [0.15, 0.2) is 83.8 Å². The summed E-state index contributed by atoms with van der Waals surface area (Å²) < 4.78 is 61.5. The van der Waals surface area contributed by atoms with Crippen LogP contribution < -0.4 is 19.5 Å². The minimum absolute atomic E-state index is 0.0196. The van der Waals surface area contributed by atoms with E-state index < -0.39 is 22.5 Å². The van der Waals surface area contributed by atoms with E-state index in [1.807, 2.05) is 0 Å². The quantitative estimate of drug-likeness (QED) is 0.437. The van der Waals surface area contributed by atoms with Crippen molar-refractivity contribution in [2.45, 2.75) is 11.5 Å². The first-order valence-corrected chi connectivity index (χ1v) is 11.0. The number of carbonyl (C=O) groups excluding carboxylic acids is 1. The molecule has 0 radical (unpaired) electrons. The molecule has 0 bridgehead atoms. The second-order valence-electron chi connectivity index (χ2n) is 6.60. The number of benzene rings is 3. The van der Waals surface area contributed by atoms with Gasteiger partial charge in [-0.05, 0) is 60.2 Å². The van der Waals surface area contributed by atoms with Gasteiger partial charge in [0.1, 0.15) is 11.5 Å². The molecule has 3 aromatic rings. The Bertz CT molecular complexity index is 1230. The van der Waals surface area contributed by atoms with Gasteiger partial charge in [0.25, 0.3) is 10.0 Å². The van der Waals surface area contributed by atoms with Crippen molar-refractivity contribution < 1.29 is 31.5 Å². The lowest BCUT2D eigenvalue weighted by Gasteiger charge is -2.11. The monoisotopic (exact) mass is 474 g/mol. The highest BCUT2D eigenvalue weighted by Gasteiger charge is 2.16. The second-order valence-corrected chi connectivity index (χ2v) is 8.28. The number of hydrogen-bond acceptors (Lipinski definition) is 5. The molecule has 7 nitrogen and oxygen atoms in total. The number of methoxy groups -OCH3 is 1. The number of amides is 1. The first kappa shape index (κ1) is 23.7. The molecule has 0 aliphatic rings. The molecule has 0 saturated carbocycles. The predicted molar refractivity (Wildman–Crippen MR) is 121 cm³/mol. The summed E-state index contributed by atoms with van der Waals surface area (Å²) in [5.41, 5.74) is 1.31. The number of para-hydroxylation sites is 2. The molecular weight excluding hydrogens is 454 g/mol. The van der Waals surface area contributed by atoms with Crippen molar-refractivity contribution in [2.24, 2.45) is 0 Å². The van der Waals surface area contributed by atoms with Gasteiger partial charge >= 0.3 is 6.61 Å². The number of alkyl halides is 2. The Morgan fingerprint density at radius 1 is 0.970 bits per heavy atom. The summed E-state index contributed by atoms with van der Waals surface area (Å²) in [6, 6.07) is 18.1. The average molecular weight is 474 g/mol. The van der Waals surface area contributed by atoms with E-state index >= 15 is 0 Å². The van der Waals surface area contributed by atoms with Gasteiger partial charge in [-0.2, -0.15) is 8.78 Å². The van der Waals surface area contributed by atoms with Crippen LogP contribution in [0.5, 0.6) is 11.5 Å². The Kier molecular flexibility index (Phi) is 7.62. The van der Waals surface area contributed by atoms with Gasteiger partial charge in [0.2, 0.25) is 5.91 Å². The smallest absolute Gasteiger partial charge is 0.387 e. The van der Waals surface area contributed by atoms with Gasteiger partial charge in [0, 0.05) is 11.8 Å². The van der Waals surface area contributed by atoms with E-state index in [9.17, 15) is 22.0 Å². The van der Waals surface area contributed by atoms with Gasteiger partial charge in [0.15, 0.2) is 0 Å². The first-order chi connectivity index (χ1) is 15.8. The molecule has 0 fully saturated rings. The summed E-state index contributed by atoms with van der Waals surface area (Å²) >= 11 is 0. The van der Waals surface area contributed by atoms with Crippen LogP contribution in [0.1, 0.15) is 5.56 Å². The van der Waals surface area contributed by atoms with Gasteiger partial charge in [-0.15, -0.1) is 0 Å². The number of nitrogens with one attached hydrogen (secondary N) is 2. The Morgan fingerprint density at radius 2 is 1.64 bits per heavy atom. The molecule has 0 unspecified atom stereocenters. The number of anilines is 2. The van der Waals surface area contributed by atoms with Gasteiger partial charge < -0.3 is 14.8 Å². The Labute approximate surface area is 189 Å². The summed E-state index contributed by atoms with van der Waals surface area (Å²) in [5, 5.41) is 2.58. The van der Waals surface area contributed by atoms with E-state index in [-0.39, 0.29) is 10.6 Å². The second kappa shape index (κ2) is 10.6. The van der Waals surface area contributed by atoms with E-state index in [1.165, 1.54) is 55.7 Å². The zero-order chi connectivity index (χ0) is 23.8. The number of rotatable bonds is 9. The zero-order valence-electron chi connectivity index (χ0n) is 17.4. The van der Waals surface area contributed by atoms with Crippen molar-refractivity contribution in [3.05, 3.63) is 84.4 Å². The maximum Gasteiger partial charge on any atom is 0.387 e. The molecule has 0 spiro atoms. The third-order valence-electron chi connectivity index (χ3n) is 4.32. The molecule has 172 valence electrons. The van der Waals surface area contributed by atoms with Gasteiger partial charge in [0.05, 0.1) is 17.7 Å². The third-order valence-corrected chi connectivity index (χ3v) is 5.70. The standard InChI is InChI=1S/C23H20F2N2O5S/c1-31-21-5-3-2-4-20(21)27-33(29,30)19-13-6-16(7-14-19)8-15-22(28)26-17-9-11-18(12-10-17)32-23(24)25/h2-15,23,27H,1H3,(H,26,28)/b15-8+. The molecule has 3 aromatic carbocycles. The molecule has 1 amide bonds. The van der Waals surface area contributed by atoms with E-state index in [1.54, 1.807) is 36.4 Å². The lowest BCUT2D eigenvalue weighted by Crippen LogP contribution is -2.13. The van der Waals surface area contributed by atoms with Gasteiger partial charge in [-0.1, -0.05) is 24.3 Å². The van der Waals surface area contributed by atoms with Crippen LogP contribution in [0.2, 0.25) is 0 Å². The normalized spacial score (nSPS) is 11.4. The number of halogens is 2. The molecule has 0 saturated heterocycles. The summed E-state index contributed by atoms with van der Waals surface area (Å²) in [5.74, 6) is -0.0799. The van der Waals surface area contributed by atoms with Crippen LogP contribution in [0.4, 0.5) is 20.2 Å². The molecule has 3 rings (SSSR count). The van der Waals surface area contributed by atoms with Crippen LogP contribution in [-0.4, -0.2) is 28.0 Å². The Hall–Kier alpha value is -3.92. The van der Waals surface area contributed by atoms with Crippen molar-refractivity contribution in [1.29, 1.82) is 0 Å². The molecule has 2 N–H and O–H groups in total. The summed E-state index contributed by atoms with van der Waals surface area (Å²) in [6.07, 6.45) is 2.77. The molecule has 10 heteroatoms. The summed E-state index contributed by atoms with van der Waals surface area (Å²) in [4.78, 5) is 12.1. The average Bonchev–Trinajstić information content (AvgIpc) is 2.79. The highest BCUT2D eigenvalue weighted by Crippen LogP contribution is 2.26. The molecule has 0 aliphatic heterocycles. The molecule has 0 aromatic heterocycles. The fraction of sp³-hybridized carbons (Fsp3) is 0.0870. The summed E-state index contributed by atoms with van der Waals surface area (Å²) in [7, 11) is -2.39. The van der Waals surface area contributed by atoms with E-state index in [4.69, 9.17) is 4.74 Å². The van der Waals surface area contributed by atoms with E-state index in [0.717, 1.165) is 0 Å². The third kappa shape index (κ3) is 6.78. The number of ether oxygens (including phenoxy) is 2. The van der Waals surface area contributed by atoms with Gasteiger partial charge in [-0.25, -0.2) is 8.42 Å². The SMILES string of the molecule is COc1ccccc1NS(=O)(=O)c1ccc(/C=C/C(=O)Nc2ccc(OC(F)F)cc2)cc1. The van der Waals surface area contributed by atoms with Crippen LogP contribution in [0.25, 0.3) is 6.08 Å². The topological polar surface area (TPSA) is 93.7 Å². The highest BCUT2D eigenvalue weighted by molar-refractivity contribution is 7.92. The van der Waals surface area contributed by atoms with Crippen molar-refractivity contribution in [3.8, 4) is 11.5 Å². The fourth-order valence-electron chi connectivity index (χ4n) is 2.77. The number of carbonyl (C=O) groups is 1. The molecule has 0 aliphatic carbocycles. The minimum atomic E-state index is -3.84. The van der Waals surface area contributed by atoms with Crippen molar-refractivity contribution in [1.82, 2.24) is 0 Å². The van der Waals surface area contributed by atoms with Crippen molar-refractivity contribution >= 4 is 33.4 Å². The summed E-state index contributed by atoms with van der Waals surface area (Å²) in [6.45, 7) is -2.92.